The van der Waals surface area contributed by atoms with Gasteiger partial charge >= 0.3 is 0 Å². The van der Waals surface area contributed by atoms with Crippen molar-refractivity contribution in [2.45, 2.75) is 24.9 Å². The van der Waals surface area contributed by atoms with Gasteiger partial charge in [-0.1, -0.05) is 35.3 Å². The van der Waals surface area contributed by atoms with Gasteiger partial charge in [0.05, 0.1) is 22.4 Å². The molecule has 1 saturated heterocycles. The maximum atomic E-state index is 13.2. The monoisotopic (exact) mass is 480 g/mol. The van der Waals surface area contributed by atoms with Gasteiger partial charge in [-0.3, -0.25) is 14.6 Å². The Bertz CT molecular complexity index is 1280. The molecule has 9 heteroatoms. The molecule has 0 radical (unpaired) electrons. The predicted octanol–water partition coefficient (Wildman–Crippen LogP) is 5.40. The SMILES string of the molecule is CN1CN(c2c(Cl)cccc2Cl)C(=O)c2cnc(Nc3ccc4c(c3)C3CCC4N3C)nc21. The third kappa shape index (κ3) is 3.18. The lowest BCUT2D eigenvalue weighted by Gasteiger charge is -2.35. The number of carbonyl (C=O) groups is 1. The van der Waals surface area contributed by atoms with Crippen molar-refractivity contribution in [3.63, 3.8) is 0 Å². The van der Waals surface area contributed by atoms with E-state index in [0.717, 1.165) is 5.69 Å². The topological polar surface area (TPSA) is 64.6 Å². The first-order valence-corrected chi connectivity index (χ1v) is 11.6. The molecule has 0 aliphatic carbocycles. The highest BCUT2D eigenvalue weighted by molar-refractivity contribution is 6.40. The summed E-state index contributed by atoms with van der Waals surface area (Å²) in [6.07, 6.45) is 3.99. The smallest absolute Gasteiger partial charge is 0.265 e. The van der Waals surface area contributed by atoms with E-state index in [0.29, 0.717) is 45.1 Å². The zero-order valence-electron chi connectivity index (χ0n) is 18.2. The minimum Gasteiger partial charge on any atom is -0.341 e. The van der Waals surface area contributed by atoms with E-state index in [2.05, 4.69) is 45.4 Å². The fraction of sp³-hybridized carbons (Fsp3) is 0.292. The Balaban J connectivity index is 1.29. The van der Waals surface area contributed by atoms with Gasteiger partial charge < -0.3 is 10.2 Å². The molecule has 168 valence electrons. The average molecular weight is 481 g/mol. The lowest BCUT2D eigenvalue weighted by molar-refractivity contribution is 0.0982. The van der Waals surface area contributed by atoms with Crippen molar-refractivity contribution in [3.05, 3.63) is 69.3 Å². The van der Waals surface area contributed by atoms with Crippen LogP contribution in [0.4, 0.5) is 23.1 Å². The van der Waals surface area contributed by atoms with E-state index in [9.17, 15) is 4.79 Å². The number of nitrogens with one attached hydrogen (secondary N) is 1. The molecule has 2 unspecified atom stereocenters. The molecule has 1 N–H and O–H groups in total. The number of anilines is 4. The van der Waals surface area contributed by atoms with E-state index in [1.165, 1.54) is 24.0 Å². The van der Waals surface area contributed by atoms with Crippen LogP contribution in [0.1, 0.15) is 46.4 Å². The Morgan fingerprint density at radius 3 is 2.52 bits per heavy atom. The molecule has 2 bridgehead atoms. The van der Waals surface area contributed by atoms with Crippen LogP contribution in [0.25, 0.3) is 0 Å². The second kappa shape index (κ2) is 7.58. The summed E-state index contributed by atoms with van der Waals surface area (Å²) in [7, 11) is 4.08. The second-order valence-corrected chi connectivity index (χ2v) is 9.63. The molecular weight excluding hydrogens is 459 g/mol. The number of benzene rings is 2. The van der Waals surface area contributed by atoms with E-state index < -0.39 is 0 Å². The van der Waals surface area contributed by atoms with Gasteiger partial charge in [-0.05, 0) is 55.3 Å². The first-order valence-electron chi connectivity index (χ1n) is 10.9. The van der Waals surface area contributed by atoms with E-state index in [1.807, 2.05) is 11.9 Å². The molecule has 1 fully saturated rings. The maximum Gasteiger partial charge on any atom is 0.265 e. The number of amides is 1. The van der Waals surface area contributed by atoms with Crippen molar-refractivity contribution in [1.29, 1.82) is 0 Å². The minimum absolute atomic E-state index is 0.235. The molecule has 1 aromatic heterocycles. The zero-order valence-corrected chi connectivity index (χ0v) is 19.7. The van der Waals surface area contributed by atoms with E-state index >= 15 is 0 Å². The van der Waals surface area contributed by atoms with Crippen molar-refractivity contribution in [2.75, 3.05) is 35.9 Å². The summed E-state index contributed by atoms with van der Waals surface area (Å²) in [6.45, 7) is 0.278. The Morgan fingerprint density at radius 2 is 1.76 bits per heavy atom. The van der Waals surface area contributed by atoms with Crippen LogP contribution in [0.15, 0.2) is 42.6 Å². The van der Waals surface area contributed by atoms with Gasteiger partial charge in [0.2, 0.25) is 5.95 Å². The summed E-state index contributed by atoms with van der Waals surface area (Å²) in [5.74, 6) is 0.784. The Hall–Kier alpha value is -2.87. The molecule has 7 nitrogen and oxygen atoms in total. The molecule has 3 aromatic rings. The first-order chi connectivity index (χ1) is 15.9. The molecule has 0 spiro atoms. The molecule has 0 saturated carbocycles. The quantitative estimate of drug-likeness (QED) is 0.541. The van der Waals surface area contributed by atoms with Crippen molar-refractivity contribution < 1.29 is 4.79 Å². The van der Waals surface area contributed by atoms with Crippen LogP contribution >= 0.6 is 23.2 Å². The minimum atomic E-state index is -0.235. The lowest BCUT2D eigenvalue weighted by atomic mass is 9.91. The van der Waals surface area contributed by atoms with Crippen molar-refractivity contribution in [1.82, 2.24) is 14.9 Å². The molecule has 4 heterocycles. The standard InChI is InChI=1S/C24H22Cl2N6O/c1-30-12-32(21-17(25)4-3-5-18(21)26)23(33)16-11-27-24(29-22(16)30)28-13-6-7-14-15(10-13)20-9-8-19(14)31(20)2/h3-7,10-11,19-20H,8-9,12H2,1-2H3,(H,27,28,29). The highest BCUT2D eigenvalue weighted by Gasteiger charge is 2.41. The van der Waals surface area contributed by atoms with Crippen LogP contribution in [0.2, 0.25) is 10.0 Å². The fourth-order valence-corrected chi connectivity index (χ4v) is 5.95. The second-order valence-electron chi connectivity index (χ2n) is 8.82. The summed E-state index contributed by atoms with van der Waals surface area (Å²) in [5.41, 5.74) is 4.65. The van der Waals surface area contributed by atoms with E-state index in [-0.39, 0.29) is 12.6 Å². The lowest BCUT2D eigenvalue weighted by Crippen LogP contribution is -2.46. The molecule has 33 heavy (non-hydrogen) atoms. The molecule has 2 aromatic carbocycles. The van der Waals surface area contributed by atoms with Crippen molar-refractivity contribution >= 4 is 52.3 Å². The number of para-hydroxylation sites is 1. The first kappa shape index (κ1) is 20.7. The summed E-state index contributed by atoms with van der Waals surface area (Å²) in [6, 6.07) is 12.7. The highest BCUT2D eigenvalue weighted by Crippen LogP contribution is 2.52. The van der Waals surface area contributed by atoms with Crippen LogP contribution in [-0.2, 0) is 0 Å². The Kier molecular flexibility index (Phi) is 4.76. The molecule has 6 rings (SSSR count). The fourth-order valence-electron chi connectivity index (χ4n) is 5.35. The maximum absolute atomic E-state index is 13.2. The molecule has 1 amide bonds. The average Bonchev–Trinajstić information content (AvgIpc) is 3.29. The predicted molar refractivity (Wildman–Crippen MR) is 131 cm³/mol. The van der Waals surface area contributed by atoms with Crippen LogP contribution in [0, 0.1) is 0 Å². The van der Waals surface area contributed by atoms with Gasteiger partial charge in [-0.2, -0.15) is 4.98 Å². The number of halogens is 2. The number of hydrogen-bond acceptors (Lipinski definition) is 6. The van der Waals surface area contributed by atoms with Gasteiger partial charge in [-0.25, -0.2) is 4.98 Å². The van der Waals surface area contributed by atoms with Crippen LogP contribution in [0.3, 0.4) is 0 Å². The van der Waals surface area contributed by atoms with Crippen LogP contribution in [-0.4, -0.2) is 41.5 Å². The summed E-state index contributed by atoms with van der Waals surface area (Å²) in [4.78, 5) is 28.2. The third-order valence-corrected chi connectivity index (χ3v) is 7.53. The number of hydrogen-bond donors (Lipinski definition) is 1. The summed E-state index contributed by atoms with van der Waals surface area (Å²) < 4.78 is 0. The molecule has 2 atom stereocenters. The Morgan fingerprint density at radius 1 is 1.03 bits per heavy atom. The normalized spacial score (nSPS) is 21.4. The summed E-state index contributed by atoms with van der Waals surface area (Å²) >= 11 is 12.7. The van der Waals surface area contributed by atoms with Crippen LogP contribution in [0.5, 0.6) is 0 Å². The zero-order chi connectivity index (χ0) is 22.9. The highest BCUT2D eigenvalue weighted by atomic mass is 35.5. The van der Waals surface area contributed by atoms with Gasteiger partial charge in [0.25, 0.3) is 5.91 Å². The van der Waals surface area contributed by atoms with Gasteiger partial charge in [-0.15, -0.1) is 0 Å². The number of aromatic nitrogens is 2. The number of fused-ring (bicyclic) bond motifs is 6. The van der Waals surface area contributed by atoms with Crippen LogP contribution < -0.4 is 15.1 Å². The Labute approximate surface area is 201 Å². The number of nitrogens with zero attached hydrogens (tertiary/aromatic N) is 5. The van der Waals surface area contributed by atoms with Gasteiger partial charge in [0.15, 0.2) is 0 Å². The van der Waals surface area contributed by atoms with E-state index in [4.69, 9.17) is 23.2 Å². The van der Waals surface area contributed by atoms with Gasteiger partial charge in [0, 0.05) is 31.0 Å². The summed E-state index contributed by atoms with van der Waals surface area (Å²) in [5, 5.41) is 4.16. The van der Waals surface area contributed by atoms with Gasteiger partial charge in [0.1, 0.15) is 11.4 Å². The van der Waals surface area contributed by atoms with E-state index in [1.54, 1.807) is 29.3 Å². The third-order valence-electron chi connectivity index (χ3n) is 6.92. The molecular formula is C24H22Cl2N6O. The number of rotatable bonds is 3. The molecule has 3 aliphatic rings. The van der Waals surface area contributed by atoms with Crippen molar-refractivity contribution in [3.8, 4) is 0 Å². The van der Waals surface area contributed by atoms with Crippen molar-refractivity contribution in [2.24, 2.45) is 0 Å². The molecule has 3 aliphatic heterocycles. The number of carbonyl (C=O) groups excluding carboxylic acids is 1. The largest absolute Gasteiger partial charge is 0.341 e.